The third kappa shape index (κ3) is 5.95. The summed E-state index contributed by atoms with van der Waals surface area (Å²) in [5.41, 5.74) is 0. The molecule has 2 N–H and O–H groups in total. The molecule has 0 amide bonds. The van der Waals surface area contributed by atoms with E-state index in [-0.39, 0.29) is 12.4 Å². The number of hydrogen-bond acceptors (Lipinski definition) is 6. The van der Waals surface area contributed by atoms with Crippen molar-refractivity contribution in [3.05, 3.63) is 11.7 Å². The zero-order valence-electron chi connectivity index (χ0n) is 12.4. The molecule has 1 heterocycles. The highest BCUT2D eigenvalue weighted by Gasteiger charge is 2.17. The second-order valence-corrected chi connectivity index (χ2v) is 6.71. The summed E-state index contributed by atoms with van der Waals surface area (Å²) in [5, 5.41) is 6.83. The van der Waals surface area contributed by atoms with Crippen LogP contribution in [0, 0.1) is 6.92 Å². The van der Waals surface area contributed by atoms with Crippen LogP contribution in [0.15, 0.2) is 4.52 Å². The number of aryl methyl sites for hydroxylation is 1. The van der Waals surface area contributed by atoms with Gasteiger partial charge >= 0.3 is 0 Å². The second kappa shape index (κ2) is 7.67. The van der Waals surface area contributed by atoms with Crippen LogP contribution in [-0.2, 0) is 16.8 Å². The maximum Gasteiger partial charge on any atom is 0.279 e. The van der Waals surface area contributed by atoms with Crippen LogP contribution in [0.1, 0.15) is 32.0 Å². The summed E-state index contributed by atoms with van der Waals surface area (Å²) in [6.45, 7) is 6.99. The van der Waals surface area contributed by atoms with E-state index >= 15 is 0 Å². The van der Waals surface area contributed by atoms with Gasteiger partial charge in [0.25, 0.3) is 10.2 Å². The average Bonchev–Trinajstić information content (AvgIpc) is 2.77. The lowest BCUT2D eigenvalue weighted by Gasteiger charge is -2.17. The topological polar surface area (TPSA) is 100 Å². The van der Waals surface area contributed by atoms with Gasteiger partial charge < -0.3 is 9.84 Å². The van der Waals surface area contributed by atoms with E-state index in [0.717, 1.165) is 13.0 Å². The molecule has 20 heavy (non-hydrogen) atoms. The van der Waals surface area contributed by atoms with E-state index in [1.54, 1.807) is 6.92 Å². The van der Waals surface area contributed by atoms with Crippen molar-refractivity contribution in [1.29, 1.82) is 0 Å². The summed E-state index contributed by atoms with van der Waals surface area (Å²) in [4.78, 5) is 3.93. The molecule has 116 valence electrons. The van der Waals surface area contributed by atoms with Crippen LogP contribution >= 0.6 is 0 Å². The Labute approximate surface area is 120 Å². The molecule has 0 unspecified atom stereocenters. The molecule has 0 aliphatic rings. The molecule has 0 aromatic carbocycles. The SMILES string of the molecule is Cc1noc(CNS(=O)(=O)N(C)CCCNC(C)C)n1. The molecule has 8 nitrogen and oxygen atoms in total. The lowest BCUT2D eigenvalue weighted by atomic mass is 10.3. The van der Waals surface area contributed by atoms with E-state index in [1.807, 2.05) is 13.8 Å². The fourth-order valence-corrected chi connectivity index (χ4v) is 2.38. The van der Waals surface area contributed by atoms with Crippen molar-refractivity contribution in [3.8, 4) is 0 Å². The largest absolute Gasteiger partial charge is 0.338 e. The molecule has 0 atom stereocenters. The van der Waals surface area contributed by atoms with E-state index in [4.69, 9.17) is 4.52 Å². The first-order chi connectivity index (χ1) is 9.31. The number of nitrogens with one attached hydrogen (secondary N) is 2. The minimum Gasteiger partial charge on any atom is -0.338 e. The Morgan fingerprint density at radius 3 is 2.65 bits per heavy atom. The van der Waals surface area contributed by atoms with Crippen LogP contribution in [-0.4, -0.2) is 49.0 Å². The van der Waals surface area contributed by atoms with Crippen LogP contribution in [0.2, 0.25) is 0 Å². The molecule has 0 saturated heterocycles. The molecule has 1 aromatic heterocycles. The first-order valence-electron chi connectivity index (χ1n) is 6.55. The zero-order chi connectivity index (χ0) is 15.2. The second-order valence-electron chi connectivity index (χ2n) is 4.85. The van der Waals surface area contributed by atoms with Gasteiger partial charge in [0, 0.05) is 19.6 Å². The van der Waals surface area contributed by atoms with Crippen molar-refractivity contribution in [2.45, 2.75) is 39.8 Å². The smallest absolute Gasteiger partial charge is 0.279 e. The number of hydrogen-bond donors (Lipinski definition) is 2. The van der Waals surface area contributed by atoms with E-state index in [9.17, 15) is 8.42 Å². The summed E-state index contributed by atoms with van der Waals surface area (Å²) in [6, 6.07) is 0.399. The van der Waals surface area contributed by atoms with Crippen LogP contribution in [0.4, 0.5) is 0 Å². The van der Waals surface area contributed by atoms with E-state index in [0.29, 0.717) is 18.4 Å². The summed E-state index contributed by atoms with van der Waals surface area (Å²) in [6.07, 6.45) is 0.745. The zero-order valence-corrected chi connectivity index (χ0v) is 13.2. The van der Waals surface area contributed by atoms with Crippen LogP contribution in [0.25, 0.3) is 0 Å². The Morgan fingerprint density at radius 2 is 2.10 bits per heavy atom. The summed E-state index contributed by atoms with van der Waals surface area (Å²) >= 11 is 0. The van der Waals surface area contributed by atoms with Gasteiger partial charge in [0.2, 0.25) is 5.89 Å². The molecule has 0 saturated carbocycles. The number of aromatic nitrogens is 2. The van der Waals surface area contributed by atoms with Gasteiger partial charge in [0.05, 0.1) is 6.54 Å². The van der Waals surface area contributed by atoms with E-state index < -0.39 is 10.2 Å². The standard InChI is InChI=1S/C11H23N5O3S/c1-9(2)12-6-5-7-16(4)20(17,18)13-8-11-14-10(3)15-19-11/h9,12-13H,5-8H2,1-4H3. The Balaban J connectivity index is 2.35. The maximum absolute atomic E-state index is 11.9. The van der Waals surface area contributed by atoms with Gasteiger partial charge in [-0.05, 0) is 19.9 Å². The van der Waals surface area contributed by atoms with Gasteiger partial charge in [-0.2, -0.15) is 22.4 Å². The minimum absolute atomic E-state index is 0.00222. The van der Waals surface area contributed by atoms with Gasteiger partial charge in [0.15, 0.2) is 5.82 Å². The molecule has 0 spiro atoms. The van der Waals surface area contributed by atoms with Crippen molar-refractivity contribution in [2.75, 3.05) is 20.1 Å². The summed E-state index contributed by atoms with van der Waals surface area (Å²) < 4.78 is 32.4. The summed E-state index contributed by atoms with van der Waals surface area (Å²) in [5.74, 6) is 0.730. The quantitative estimate of drug-likeness (QED) is 0.624. The molecule has 9 heteroatoms. The molecule has 0 aliphatic carbocycles. The highest BCUT2D eigenvalue weighted by molar-refractivity contribution is 7.87. The predicted molar refractivity (Wildman–Crippen MR) is 75.2 cm³/mol. The van der Waals surface area contributed by atoms with Crippen molar-refractivity contribution in [3.63, 3.8) is 0 Å². The van der Waals surface area contributed by atoms with Crippen molar-refractivity contribution in [1.82, 2.24) is 24.5 Å². The fourth-order valence-electron chi connectivity index (χ4n) is 1.49. The number of nitrogens with zero attached hydrogens (tertiary/aromatic N) is 3. The Bertz CT molecular complexity index is 500. The maximum atomic E-state index is 11.9. The highest BCUT2D eigenvalue weighted by atomic mass is 32.2. The fraction of sp³-hybridized carbons (Fsp3) is 0.818. The molecule has 0 bridgehead atoms. The molecule has 0 aliphatic heterocycles. The van der Waals surface area contributed by atoms with Crippen molar-refractivity contribution in [2.24, 2.45) is 0 Å². The summed E-state index contributed by atoms with van der Waals surface area (Å²) in [7, 11) is -1.98. The van der Waals surface area contributed by atoms with Crippen molar-refractivity contribution >= 4 is 10.2 Å². The molecule has 1 aromatic rings. The van der Waals surface area contributed by atoms with Gasteiger partial charge in [-0.3, -0.25) is 0 Å². The van der Waals surface area contributed by atoms with Crippen molar-refractivity contribution < 1.29 is 12.9 Å². The third-order valence-electron chi connectivity index (χ3n) is 2.59. The van der Waals surface area contributed by atoms with Gasteiger partial charge in [-0.25, -0.2) is 0 Å². The normalized spacial score (nSPS) is 12.5. The molecular formula is C11H23N5O3S. The molecular weight excluding hydrogens is 282 g/mol. The minimum atomic E-state index is -3.52. The van der Waals surface area contributed by atoms with Crippen LogP contribution < -0.4 is 10.0 Å². The van der Waals surface area contributed by atoms with E-state index in [2.05, 4.69) is 20.2 Å². The number of rotatable bonds is 9. The van der Waals surface area contributed by atoms with Crippen LogP contribution in [0.5, 0.6) is 0 Å². The van der Waals surface area contributed by atoms with Gasteiger partial charge in [-0.1, -0.05) is 19.0 Å². The first-order valence-corrected chi connectivity index (χ1v) is 7.99. The molecule has 0 fully saturated rings. The van der Waals surface area contributed by atoms with E-state index in [1.165, 1.54) is 11.4 Å². The Morgan fingerprint density at radius 1 is 1.40 bits per heavy atom. The lowest BCUT2D eigenvalue weighted by Crippen LogP contribution is -2.39. The Kier molecular flexibility index (Phi) is 6.53. The average molecular weight is 305 g/mol. The van der Waals surface area contributed by atoms with Crippen LogP contribution in [0.3, 0.4) is 0 Å². The van der Waals surface area contributed by atoms with Gasteiger partial charge in [-0.15, -0.1) is 0 Å². The Hall–Kier alpha value is -1.03. The first kappa shape index (κ1) is 17.0. The third-order valence-corrected chi connectivity index (χ3v) is 4.10. The monoisotopic (exact) mass is 305 g/mol. The molecule has 0 radical (unpaired) electrons. The van der Waals surface area contributed by atoms with Gasteiger partial charge in [0.1, 0.15) is 0 Å². The lowest BCUT2D eigenvalue weighted by molar-refractivity contribution is 0.368. The molecule has 1 rings (SSSR count). The predicted octanol–water partition coefficient (Wildman–Crippen LogP) is 0.0323. The highest BCUT2D eigenvalue weighted by Crippen LogP contribution is 2.00.